The molecule has 1 amide bonds. The van der Waals surface area contributed by atoms with Crippen LogP contribution in [-0.4, -0.2) is 28.8 Å². The van der Waals surface area contributed by atoms with Crippen LogP contribution < -0.4 is 0 Å². The van der Waals surface area contributed by atoms with E-state index >= 15 is 0 Å². The minimum Gasteiger partial charge on any atom is -0.332 e. The summed E-state index contributed by atoms with van der Waals surface area (Å²) in [6.45, 7) is 0. The third-order valence-electron chi connectivity index (χ3n) is 4.50. The van der Waals surface area contributed by atoms with Gasteiger partial charge in [0.2, 0.25) is 0 Å². The van der Waals surface area contributed by atoms with Crippen LogP contribution in [0.5, 0.6) is 0 Å². The van der Waals surface area contributed by atoms with Gasteiger partial charge in [-0.1, -0.05) is 0 Å². The van der Waals surface area contributed by atoms with Gasteiger partial charge >= 0.3 is 0 Å². The lowest BCUT2D eigenvalue weighted by atomic mass is 9.82. The van der Waals surface area contributed by atoms with Crippen LogP contribution in [0.4, 0.5) is 26.3 Å². The molecule has 1 aromatic rings. The molecule has 8 heteroatoms. The number of nitrogens with zero attached hydrogens (tertiary/aromatic N) is 1. The Morgan fingerprint density at radius 2 is 1.57 bits per heavy atom. The van der Waals surface area contributed by atoms with Crippen molar-refractivity contribution in [2.75, 3.05) is 0 Å². The van der Waals surface area contributed by atoms with Gasteiger partial charge < -0.3 is 4.90 Å². The lowest BCUT2D eigenvalue weighted by Crippen LogP contribution is -2.57. The van der Waals surface area contributed by atoms with Gasteiger partial charge in [-0.25, -0.2) is 26.3 Å². The minimum atomic E-state index is -2.93. The van der Waals surface area contributed by atoms with E-state index in [1.807, 2.05) is 0 Å². The van der Waals surface area contributed by atoms with Crippen molar-refractivity contribution in [2.45, 2.75) is 50.1 Å². The van der Waals surface area contributed by atoms with Crippen LogP contribution in [-0.2, 0) is 0 Å². The average Bonchev–Trinajstić information content (AvgIpc) is 2.46. The molecule has 2 fully saturated rings. The SMILES string of the molecule is O=C(c1cc(F)c(F)c(F)c1F)N1C2CCCC1CC(F)(F)C2. The number of benzene rings is 1. The number of alkyl halides is 2. The summed E-state index contributed by atoms with van der Waals surface area (Å²) in [5.74, 6) is -11.6. The van der Waals surface area contributed by atoms with Crippen LogP contribution >= 0.6 is 0 Å². The zero-order valence-corrected chi connectivity index (χ0v) is 11.9. The number of fused-ring (bicyclic) bond motifs is 2. The summed E-state index contributed by atoms with van der Waals surface area (Å²) >= 11 is 0. The molecule has 3 rings (SSSR count). The fourth-order valence-electron chi connectivity index (χ4n) is 3.54. The molecule has 1 aromatic carbocycles. The van der Waals surface area contributed by atoms with Crippen LogP contribution in [0, 0.1) is 23.3 Å². The minimum absolute atomic E-state index is 0.276. The molecule has 0 radical (unpaired) electrons. The largest absolute Gasteiger partial charge is 0.332 e. The van der Waals surface area contributed by atoms with Gasteiger partial charge in [0.15, 0.2) is 23.3 Å². The smallest absolute Gasteiger partial charge is 0.257 e. The molecule has 2 saturated heterocycles. The topological polar surface area (TPSA) is 20.3 Å². The number of halogens is 6. The Balaban J connectivity index is 1.98. The fraction of sp³-hybridized carbons (Fsp3) is 0.533. The number of hydrogen-bond acceptors (Lipinski definition) is 1. The molecule has 0 aliphatic carbocycles. The van der Waals surface area contributed by atoms with Crippen molar-refractivity contribution >= 4 is 5.91 Å². The van der Waals surface area contributed by atoms with E-state index in [0.717, 1.165) is 4.90 Å². The first-order chi connectivity index (χ1) is 10.7. The Hall–Kier alpha value is -1.73. The normalized spacial score (nSPS) is 26.3. The molecule has 0 saturated carbocycles. The predicted octanol–water partition coefficient (Wildman–Crippen LogP) is 4.04. The molecular weight excluding hydrogens is 324 g/mol. The van der Waals surface area contributed by atoms with Crippen LogP contribution in [0.3, 0.4) is 0 Å². The molecule has 2 aliphatic heterocycles. The van der Waals surface area contributed by atoms with Gasteiger partial charge in [0.25, 0.3) is 11.8 Å². The maximum absolute atomic E-state index is 13.8. The van der Waals surface area contributed by atoms with Crippen molar-refractivity contribution in [3.63, 3.8) is 0 Å². The number of amides is 1. The molecule has 2 nitrogen and oxygen atoms in total. The Morgan fingerprint density at radius 3 is 2.13 bits per heavy atom. The third-order valence-corrected chi connectivity index (χ3v) is 4.50. The van der Waals surface area contributed by atoms with Gasteiger partial charge in [-0.2, -0.15) is 0 Å². The average molecular weight is 337 g/mol. The Labute approximate surface area is 128 Å². The van der Waals surface area contributed by atoms with E-state index in [1.165, 1.54) is 0 Å². The van der Waals surface area contributed by atoms with Gasteiger partial charge in [0.05, 0.1) is 5.56 Å². The van der Waals surface area contributed by atoms with Crippen LogP contribution in [0.2, 0.25) is 0 Å². The van der Waals surface area contributed by atoms with Gasteiger partial charge in [-0.15, -0.1) is 0 Å². The number of hydrogen-bond donors (Lipinski definition) is 0. The van der Waals surface area contributed by atoms with Gasteiger partial charge in [-0.05, 0) is 25.3 Å². The number of carbonyl (C=O) groups is 1. The lowest BCUT2D eigenvalue weighted by molar-refractivity contribution is -0.104. The second-order valence-electron chi connectivity index (χ2n) is 6.06. The highest BCUT2D eigenvalue weighted by atomic mass is 19.3. The molecule has 0 N–H and O–H groups in total. The van der Waals surface area contributed by atoms with E-state index in [1.54, 1.807) is 0 Å². The fourth-order valence-corrected chi connectivity index (χ4v) is 3.54. The van der Waals surface area contributed by atoms with Crippen molar-refractivity contribution in [1.29, 1.82) is 0 Å². The van der Waals surface area contributed by atoms with Gasteiger partial charge in [0.1, 0.15) is 0 Å². The highest BCUT2D eigenvalue weighted by Gasteiger charge is 2.49. The molecule has 2 aliphatic rings. The lowest BCUT2D eigenvalue weighted by Gasteiger charge is -2.48. The molecule has 2 unspecified atom stereocenters. The standard InChI is InChI=1S/C15H13F6NO/c16-10-4-9(11(17)13(19)12(10)18)14(23)22-7-2-1-3-8(22)6-15(20,21)5-7/h4,7-8H,1-3,5-6H2. The van der Waals surface area contributed by atoms with Crippen molar-refractivity contribution in [3.8, 4) is 0 Å². The van der Waals surface area contributed by atoms with Gasteiger partial charge in [-0.3, -0.25) is 4.79 Å². The second-order valence-corrected chi connectivity index (χ2v) is 6.06. The third kappa shape index (κ3) is 2.68. The van der Waals surface area contributed by atoms with Crippen LogP contribution in [0.1, 0.15) is 42.5 Å². The summed E-state index contributed by atoms with van der Waals surface area (Å²) in [6, 6.07) is -1.36. The molecular formula is C15H13F6NO. The Morgan fingerprint density at radius 1 is 1.00 bits per heavy atom. The zero-order valence-electron chi connectivity index (χ0n) is 11.9. The van der Waals surface area contributed by atoms with Crippen LogP contribution in [0.15, 0.2) is 6.07 Å². The number of piperidine rings is 2. The maximum Gasteiger partial charge on any atom is 0.257 e. The van der Waals surface area contributed by atoms with Crippen molar-refractivity contribution in [1.82, 2.24) is 4.90 Å². The molecule has 2 bridgehead atoms. The molecule has 2 heterocycles. The van der Waals surface area contributed by atoms with Crippen LogP contribution in [0.25, 0.3) is 0 Å². The summed E-state index contributed by atoms with van der Waals surface area (Å²) in [5, 5.41) is 0. The molecule has 2 atom stereocenters. The summed E-state index contributed by atoms with van der Waals surface area (Å²) in [7, 11) is 0. The maximum atomic E-state index is 13.8. The highest BCUT2D eigenvalue weighted by Crippen LogP contribution is 2.42. The van der Waals surface area contributed by atoms with E-state index in [2.05, 4.69) is 0 Å². The van der Waals surface area contributed by atoms with E-state index in [9.17, 15) is 31.1 Å². The predicted molar refractivity (Wildman–Crippen MR) is 68.1 cm³/mol. The summed E-state index contributed by atoms with van der Waals surface area (Å²) in [5.41, 5.74) is -0.969. The summed E-state index contributed by atoms with van der Waals surface area (Å²) in [4.78, 5) is 13.5. The Kier molecular flexibility index (Phi) is 3.80. The molecule has 0 spiro atoms. The van der Waals surface area contributed by atoms with E-state index in [4.69, 9.17) is 0 Å². The number of carbonyl (C=O) groups excluding carboxylic acids is 1. The monoisotopic (exact) mass is 337 g/mol. The zero-order chi connectivity index (χ0) is 16.9. The summed E-state index contributed by atoms with van der Waals surface area (Å²) < 4.78 is 80.7. The first kappa shape index (κ1) is 16.1. The van der Waals surface area contributed by atoms with E-state index in [-0.39, 0.29) is 6.07 Å². The van der Waals surface area contributed by atoms with E-state index < -0.39 is 65.6 Å². The summed E-state index contributed by atoms with van der Waals surface area (Å²) in [6.07, 6.45) is 0.132. The molecule has 23 heavy (non-hydrogen) atoms. The van der Waals surface area contributed by atoms with Crippen molar-refractivity contribution in [2.24, 2.45) is 0 Å². The van der Waals surface area contributed by atoms with Gasteiger partial charge in [0, 0.05) is 24.9 Å². The first-order valence-corrected chi connectivity index (χ1v) is 7.25. The molecule has 126 valence electrons. The highest BCUT2D eigenvalue weighted by molar-refractivity contribution is 5.95. The number of rotatable bonds is 1. The Bertz CT molecular complexity index is 646. The van der Waals surface area contributed by atoms with Crippen molar-refractivity contribution in [3.05, 3.63) is 34.9 Å². The van der Waals surface area contributed by atoms with E-state index in [0.29, 0.717) is 19.3 Å². The molecule has 0 aromatic heterocycles. The quantitative estimate of drug-likeness (QED) is 0.430. The van der Waals surface area contributed by atoms with Crippen molar-refractivity contribution < 1.29 is 31.1 Å². The second kappa shape index (κ2) is 5.42. The first-order valence-electron chi connectivity index (χ1n) is 7.25.